The molecule has 0 bridgehead atoms. The third-order valence-corrected chi connectivity index (χ3v) is 3.76. The van der Waals surface area contributed by atoms with E-state index in [0.717, 1.165) is 17.7 Å². The molecule has 0 amide bonds. The van der Waals surface area contributed by atoms with Gasteiger partial charge in [0.15, 0.2) is 11.6 Å². The van der Waals surface area contributed by atoms with Crippen molar-refractivity contribution >= 4 is 35.0 Å². The SMILES string of the molecule is Fc1ccc(SCc2ccc(Cl)nc2Cl)cc1F. The highest BCUT2D eigenvalue weighted by molar-refractivity contribution is 7.98. The van der Waals surface area contributed by atoms with Crippen LogP contribution in [-0.4, -0.2) is 4.98 Å². The second-order valence-electron chi connectivity index (χ2n) is 3.45. The predicted molar refractivity (Wildman–Crippen MR) is 70.2 cm³/mol. The zero-order valence-corrected chi connectivity index (χ0v) is 11.3. The minimum Gasteiger partial charge on any atom is -0.224 e. The summed E-state index contributed by atoms with van der Waals surface area (Å²) in [7, 11) is 0. The molecule has 1 nitrogen and oxygen atoms in total. The topological polar surface area (TPSA) is 12.9 Å². The lowest BCUT2D eigenvalue weighted by molar-refractivity contribution is 0.506. The smallest absolute Gasteiger partial charge is 0.159 e. The lowest BCUT2D eigenvalue weighted by Crippen LogP contribution is -1.88. The fraction of sp³-hybridized carbons (Fsp3) is 0.0833. The Kier molecular flexibility index (Phi) is 4.43. The lowest BCUT2D eigenvalue weighted by Gasteiger charge is -2.04. The van der Waals surface area contributed by atoms with E-state index >= 15 is 0 Å². The van der Waals surface area contributed by atoms with Gasteiger partial charge >= 0.3 is 0 Å². The summed E-state index contributed by atoms with van der Waals surface area (Å²) in [5.41, 5.74) is 0.788. The maximum atomic E-state index is 13.0. The van der Waals surface area contributed by atoms with Gasteiger partial charge in [0.25, 0.3) is 0 Å². The van der Waals surface area contributed by atoms with E-state index in [1.165, 1.54) is 17.8 Å². The Morgan fingerprint density at radius 3 is 2.50 bits per heavy atom. The number of rotatable bonds is 3. The minimum atomic E-state index is -0.861. The highest BCUT2D eigenvalue weighted by atomic mass is 35.5. The highest BCUT2D eigenvalue weighted by Gasteiger charge is 2.06. The van der Waals surface area contributed by atoms with Crippen LogP contribution in [0.5, 0.6) is 0 Å². The van der Waals surface area contributed by atoms with Crippen LogP contribution in [-0.2, 0) is 5.75 Å². The minimum absolute atomic E-state index is 0.317. The Morgan fingerprint density at radius 2 is 1.83 bits per heavy atom. The fourth-order valence-electron chi connectivity index (χ4n) is 1.28. The number of thioether (sulfide) groups is 1. The summed E-state index contributed by atoms with van der Waals surface area (Å²) in [4.78, 5) is 4.53. The fourth-order valence-corrected chi connectivity index (χ4v) is 2.67. The first-order chi connectivity index (χ1) is 8.56. The van der Waals surface area contributed by atoms with Crippen molar-refractivity contribution in [2.45, 2.75) is 10.6 Å². The Morgan fingerprint density at radius 1 is 1.06 bits per heavy atom. The molecule has 1 aromatic carbocycles. The van der Waals surface area contributed by atoms with E-state index in [0.29, 0.717) is 21.0 Å². The zero-order chi connectivity index (χ0) is 13.1. The van der Waals surface area contributed by atoms with Crippen LogP contribution in [0.15, 0.2) is 35.2 Å². The summed E-state index contributed by atoms with van der Waals surface area (Å²) in [6.07, 6.45) is 0. The van der Waals surface area contributed by atoms with Crippen molar-refractivity contribution in [3.05, 3.63) is 57.8 Å². The number of benzene rings is 1. The second-order valence-corrected chi connectivity index (χ2v) is 5.24. The van der Waals surface area contributed by atoms with Crippen LogP contribution in [0.4, 0.5) is 8.78 Å². The molecule has 0 aliphatic rings. The van der Waals surface area contributed by atoms with Crippen molar-refractivity contribution in [1.29, 1.82) is 0 Å². The molecule has 0 unspecified atom stereocenters. The van der Waals surface area contributed by atoms with Gasteiger partial charge in [0.2, 0.25) is 0 Å². The standard InChI is InChI=1S/C12H7Cl2F2NS/c13-11-4-1-7(12(14)17-11)6-18-8-2-3-9(15)10(16)5-8/h1-5H,6H2. The number of hydrogen-bond donors (Lipinski definition) is 0. The van der Waals surface area contributed by atoms with Crippen molar-refractivity contribution in [3.8, 4) is 0 Å². The van der Waals surface area contributed by atoms with E-state index in [2.05, 4.69) is 4.98 Å². The number of pyridine rings is 1. The van der Waals surface area contributed by atoms with Gasteiger partial charge in [-0.15, -0.1) is 11.8 Å². The Bertz CT molecular complexity index is 578. The number of hydrogen-bond acceptors (Lipinski definition) is 2. The van der Waals surface area contributed by atoms with Gasteiger partial charge in [-0.3, -0.25) is 0 Å². The van der Waals surface area contributed by atoms with Crippen LogP contribution in [0.1, 0.15) is 5.56 Å². The molecule has 0 fully saturated rings. The largest absolute Gasteiger partial charge is 0.224 e. The molecule has 0 saturated heterocycles. The van der Waals surface area contributed by atoms with Crippen LogP contribution in [0.3, 0.4) is 0 Å². The number of halogens is 4. The molecule has 6 heteroatoms. The highest BCUT2D eigenvalue weighted by Crippen LogP contribution is 2.27. The van der Waals surface area contributed by atoms with E-state index in [4.69, 9.17) is 23.2 Å². The monoisotopic (exact) mass is 305 g/mol. The first-order valence-electron chi connectivity index (χ1n) is 4.95. The molecule has 0 saturated carbocycles. The zero-order valence-electron chi connectivity index (χ0n) is 8.96. The second kappa shape index (κ2) is 5.87. The molecule has 1 aromatic heterocycles. The van der Waals surface area contributed by atoms with Gasteiger partial charge in [-0.25, -0.2) is 13.8 Å². The van der Waals surface area contributed by atoms with Gasteiger partial charge in [0, 0.05) is 10.6 Å². The average molecular weight is 306 g/mol. The average Bonchev–Trinajstić information content (AvgIpc) is 2.32. The van der Waals surface area contributed by atoms with Gasteiger partial charge in [-0.05, 0) is 29.8 Å². The first kappa shape index (κ1) is 13.6. The van der Waals surface area contributed by atoms with Crippen LogP contribution < -0.4 is 0 Å². The van der Waals surface area contributed by atoms with Crippen molar-refractivity contribution in [1.82, 2.24) is 4.98 Å². The van der Waals surface area contributed by atoms with Gasteiger partial charge in [0.1, 0.15) is 10.3 Å². The molecular weight excluding hydrogens is 299 g/mol. The lowest BCUT2D eigenvalue weighted by atomic mass is 10.3. The molecule has 1 heterocycles. The summed E-state index contributed by atoms with van der Waals surface area (Å²) in [6, 6.07) is 7.15. The maximum absolute atomic E-state index is 13.0. The third-order valence-electron chi connectivity index (χ3n) is 2.18. The summed E-state index contributed by atoms with van der Waals surface area (Å²) in [5.74, 6) is -1.21. The van der Waals surface area contributed by atoms with Gasteiger partial charge in [0.05, 0.1) is 0 Å². The summed E-state index contributed by atoms with van der Waals surface area (Å²) in [5, 5.41) is 0.638. The summed E-state index contributed by atoms with van der Waals surface area (Å²) >= 11 is 12.9. The van der Waals surface area contributed by atoms with Crippen LogP contribution in [0, 0.1) is 11.6 Å². The predicted octanol–water partition coefficient (Wildman–Crippen LogP) is 4.96. The van der Waals surface area contributed by atoms with Gasteiger partial charge < -0.3 is 0 Å². The molecule has 0 N–H and O–H groups in total. The molecule has 94 valence electrons. The molecule has 0 aliphatic carbocycles. The normalized spacial score (nSPS) is 10.7. The summed E-state index contributed by atoms with van der Waals surface area (Å²) < 4.78 is 25.7. The van der Waals surface area contributed by atoms with Crippen molar-refractivity contribution in [3.63, 3.8) is 0 Å². The molecular formula is C12H7Cl2F2NS. The number of nitrogens with zero attached hydrogens (tertiary/aromatic N) is 1. The molecule has 0 radical (unpaired) electrons. The first-order valence-corrected chi connectivity index (χ1v) is 6.69. The van der Waals surface area contributed by atoms with E-state index in [9.17, 15) is 8.78 Å². The maximum Gasteiger partial charge on any atom is 0.159 e. The Labute approximate surface area is 117 Å². The van der Waals surface area contributed by atoms with E-state index in [1.807, 2.05) is 0 Å². The van der Waals surface area contributed by atoms with Crippen LogP contribution >= 0.6 is 35.0 Å². The van der Waals surface area contributed by atoms with Crippen LogP contribution in [0.25, 0.3) is 0 Å². The molecule has 18 heavy (non-hydrogen) atoms. The molecule has 2 rings (SSSR count). The Balaban J connectivity index is 2.09. The van der Waals surface area contributed by atoms with E-state index in [-0.39, 0.29) is 0 Å². The molecule has 2 aromatic rings. The molecule has 0 atom stereocenters. The van der Waals surface area contributed by atoms with E-state index in [1.54, 1.807) is 12.1 Å². The summed E-state index contributed by atoms with van der Waals surface area (Å²) in [6.45, 7) is 0. The quantitative estimate of drug-likeness (QED) is 0.587. The molecule has 0 spiro atoms. The van der Waals surface area contributed by atoms with Crippen molar-refractivity contribution in [2.75, 3.05) is 0 Å². The molecule has 0 aliphatic heterocycles. The number of aromatic nitrogens is 1. The van der Waals surface area contributed by atoms with Gasteiger partial charge in [-0.1, -0.05) is 29.3 Å². The van der Waals surface area contributed by atoms with Crippen molar-refractivity contribution in [2.24, 2.45) is 0 Å². The van der Waals surface area contributed by atoms with Crippen molar-refractivity contribution < 1.29 is 8.78 Å². The Hall–Kier alpha value is -0.840. The van der Waals surface area contributed by atoms with Gasteiger partial charge in [-0.2, -0.15) is 0 Å². The third kappa shape index (κ3) is 3.34. The van der Waals surface area contributed by atoms with Crippen LogP contribution in [0.2, 0.25) is 10.3 Å². The van der Waals surface area contributed by atoms with E-state index < -0.39 is 11.6 Å².